The molecule has 0 saturated carbocycles. The van der Waals surface area contributed by atoms with Crippen LogP contribution < -0.4 is 10.3 Å². The molecule has 0 fully saturated rings. The fourth-order valence-corrected chi connectivity index (χ4v) is 4.60. The standard InChI is InChI=1S/C21H19N3O4S/c1-12(25)14-3-7-16(8-4-14)24-29(27,28)17-9-5-15-6-10-19-20(18(15)11-17)21(26)23-13(2)22-19/h3-5,7-9,11,24H,6,10H2,1-2H3,(H,22,23,26). The molecule has 1 aromatic heterocycles. The molecule has 0 aliphatic heterocycles. The molecule has 29 heavy (non-hydrogen) atoms. The highest BCUT2D eigenvalue weighted by molar-refractivity contribution is 7.92. The molecule has 0 bridgehead atoms. The largest absolute Gasteiger partial charge is 0.310 e. The Bertz CT molecular complexity index is 1290. The first-order valence-electron chi connectivity index (χ1n) is 9.11. The zero-order chi connectivity index (χ0) is 20.8. The third-order valence-corrected chi connectivity index (χ3v) is 6.33. The minimum Gasteiger partial charge on any atom is -0.310 e. The minimum atomic E-state index is -3.87. The number of carbonyl (C=O) groups excluding carboxylic acids is 1. The number of nitrogens with zero attached hydrogens (tertiary/aromatic N) is 1. The van der Waals surface area contributed by atoms with Crippen LogP contribution in [0.3, 0.4) is 0 Å². The van der Waals surface area contributed by atoms with E-state index >= 15 is 0 Å². The van der Waals surface area contributed by atoms with Crippen LogP contribution in [0.4, 0.5) is 5.69 Å². The van der Waals surface area contributed by atoms with Crippen LogP contribution in [-0.2, 0) is 22.9 Å². The van der Waals surface area contributed by atoms with Crippen molar-refractivity contribution >= 4 is 21.5 Å². The maximum Gasteiger partial charge on any atom is 0.261 e. The van der Waals surface area contributed by atoms with Gasteiger partial charge in [-0.3, -0.25) is 14.3 Å². The van der Waals surface area contributed by atoms with Crippen molar-refractivity contribution in [3.8, 4) is 11.1 Å². The summed E-state index contributed by atoms with van der Waals surface area (Å²) in [6, 6.07) is 11.0. The van der Waals surface area contributed by atoms with Crippen LogP contribution >= 0.6 is 0 Å². The number of aryl methyl sites for hydroxylation is 3. The van der Waals surface area contributed by atoms with E-state index in [1.165, 1.54) is 19.1 Å². The summed E-state index contributed by atoms with van der Waals surface area (Å²) in [4.78, 5) is 31.0. The summed E-state index contributed by atoms with van der Waals surface area (Å²) in [6.07, 6.45) is 1.33. The van der Waals surface area contributed by atoms with E-state index in [4.69, 9.17) is 0 Å². The van der Waals surface area contributed by atoms with Gasteiger partial charge >= 0.3 is 0 Å². The second kappa shape index (κ2) is 6.97. The van der Waals surface area contributed by atoms with Crippen molar-refractivity contribution in [2.75, 3.05) is 4.72 Å². The molecule has 0 saturated heterocycles. The average molecular weight is 409 g/mol. The van der Waals surface area contributed by atoms with Gasteiger partial charge in [0.2, 0.25) is 0 Å². The molecule has 0 spiro atoms. The summed E-state index contributed by atoms with van der Waals surface area (Å²) in [5.41, 5.74) is 3.20. The number of benzene rings is 2. The van der Waals surface area contributed by atoms with E-state index in [1.807, 2.05) is 0 Å². The number of aromatic nitrogens is 2. The Hall–Kier alpha value is -3.26. The first-order chi connectivity index (χ1) is 13.7. The number of fused-ring (bicyclic) bond motifs is 3. The fourth-order valence-electron chi connectivity index (χ4n) is 3.52. The van der Waals surface area contributed by atoms with Gasteiger partial charge in [-0.15, -0.1) is 0 Å². The number of ketones is 1. The number of aromatic amines is 1. The molecular weight excluding hydrogens is 390 g/mol. The number of hydrogen-bond donors (Lipinski definition) is 2. The Morgan fingerprint density at radius 3 is 2.52 bits per heavy atom. The van der Waals surface area contributed by atoms with E-state index in [-0.39, 0.29) is 16.2 Å². The molecule has 2 aromatic carbocycles. The Morgan fingerprint density at radius 2 is 1.83 bits per heavy atom. The highest BCUT2D eigenvalue weighted by Crippen LogP contribution is 2.32. The second-order valence-corrected chi connectivity index (χ2v) is 8.71. The van der Waals surface area contributed by atoms with E-state index in [0.29, 0.717) is 46.7 Å². The van der Waals surface area contributed by atoms with Crippen molar-refractivity contribution < 1.29 is 13.2 Å². The lowest BCUT2D eigenvalue weighted by molar-refractivity contribution is 0.101. The molecule has 8 heteroatoms. The Labute approximate surface area is 167 Å². The van der Waals surface area contributed by atoms with Crippen LogP contribution in [0.2, 0.25) is 0 Å². The van der Waals surface area contributed by atoms with Crippen molar-refractivity contribution in [2.24, 2.45) is 0 Å². The molecule has 1 aliphatic rings. The van der Waals surface area contributed by atoms with Crippen molar-refractivity contribution in [1.29, 1.82) is 0 Å². The zero-order valence-electron chi connectivity index (χ0n) is 15.9. The summed E-state index contributed by atoms with van der Waals surface area (Å²) < 4.78 is 28.3. The topological polar surface area (TPSA) is 109 Å². The molecule has 148 valence electrons. The molecule has 1 heterocycles. The Kier molecular flexibility index (Phi) is 4.58. The zero-order valence-corrected chi connectivity index (χ0v) is 16.8. The van der Waals surface area contributed by atoms with Gasteiger partial charge in [0.05, 0.1) is 16.2 Å². The summed E-state index contributed by atoms with van der Waals surface area (Å²) in [5, 5.41) is 0. The Balaban J connectivity index is 1.73. The molecule has 2 N–H and O–H groups in total. The molecule has 7 nitrogen and oxygen atoms in total. The number of nitrogens with one attached hydrogen (secondary N) is 2. The van der Waals surface area contributed by atoms with Crippen molar-refractivity contribution in [1.82, 2.24) is 9.97 Å². The summed E-state index contributed by atoms with van der Waals surface area (Å²) >= 11 is 0. The predicted octanol–water partition coefficient (Wildman–Crippen LogP) is 2.85. The third-order valence-electron chi connectivity index (χ3n) is 4.95. The maximum atomic E-state index is 12.9. The normalized spacial score (nSPS) is 12.8. The number of H-pyrrole nitrogens is 1. The fraction of sp³-hybridized carbons (Fsp3) is 0.190. The molecule has 0 atom stereocenters. The minimum absolute atomic E-state index is 0.0553. The molecule has 1 aliphatic carbocycles. The SMILES string of the molecule is CC(=O)c1ccc(NS(=O)(=O)c2ccc3c(c2)-c2c(nc(C)[nH]c2=O)CC3)cc1. The third kappa shape index (κ3) is 3.58. The second-order valence-electron chi connectivity index (χ2n) is 7.03. The monoisotopic (exact) mass is 409 g/mol. The van der Waals surface area contributed by atoms with Crippen molar-refractivity contribution in [3.05, 3.63) is 75.5 Å². The maximum absolute atomic E-state index is 12.9. The van der Waals surface area contributed by atoms with Crippen molar-refractivity contribution in [3.63, 3.8) is 0 Å². The van der Waals surface area contributed by atoms with Gasteiger partial charge in [-0.05, 0) is 74.2 Å². The van der Waals surface area contributed by atoms with Gasteiger partial charge in [0.15, 0.2) is 5.78 Å². The number of hydrogen-bond acceptors (Lipinski definition) is 5. The van der Waals surface area contributed by atoms with Crippen LogP contribution in [0, 0.1) is 6.92 Å². The quantitative estimate of drug-likeness (QED) is 0.644. The summed E-state index contributed by atoms with van der Waals surface area (Å²) in [5.74, 6) is 0.443. The van der Waals surface area contributed by atoms with Crippen LogP contribution in [-0.4, -0.2) is 24.2 Å². The molecule has 3 aromatic rings. The van der Waals surface area contributed by atoms with Crippen LogP contribution in [0.5, 0.6) is 0 Å². The molecular formula is C21H19N3O4S. The molecule has 0 unspecified atom stereocenters. The molecule has 4 rings (SSSR count). The number of anilines is 1. The first-order valence-corrected chi connectivity index (χ1v) is 10.6. The van der Waals surface area contributed by atoms with Gasteiger partial charge in [-0.25, -0.2) is 13.4 Å². The van der Waals surface area contributed by atoms with Gasteiger partial charge in [-0.1, -0.05) is 6.07 Å². The highest BCUT2D eigenvalue weighted by atomic mass is 32.2. The lowest BCUT2D eigenvalue weighted by Gasteiger charge is -2.19. The lowest BCUT2D eigenvalue weighted by atomic mass is 9.89. The van der Waals surface area contributed by atoms with E-state index in [0.717, 1.165) is 5.56 Å². The summed E-state index contributed by atoms with van der Waals surface area (Å²) in [7, 11) is -3.87. The average Bonchev–Trinajstić information content (AvgIpc) is 2.67. The van der Waals surface area contributed by atoms with Gasteiger partial charge in [-0.2, -0.15) is 0 Å². The van der Waals surface area contributed by atoms with E-state index in [1.54, 1.807) is 37.3 Å². The number of carbonyl (C=O) groups is 1. The van der Waals surface area contributed by atoms with Crippen molar-refractivity contribution in [2.45, 2.75) is 31.6 Å². The first kappa shape index (κ1) is 19.1. The number of Topliss-reactive ketones (excluding diaryl/α,β-unsaturated/α-hetero) is 1. The van der Waals surface area contributed by atoms with E-state index in [9.17, 15) is 18.0 Å². The smallest absolute Gasteiger partial charge is 0.261 e. The van der Waals surface area contributed by atoms with Crippen LogP contribution in [0.15, 0.2) is 52.2 Å². The lowest BCUT2D eigenvalue weighted by Crippen LogP contribution is -2.21. The van der Waals surface area contributed by atoms with Gasteiger partial charge < -0.3 is 4.98 Å². The Morgan fingerprint density at radius 1 is 1.10 bits per heavy atom. The van der Waals surface area contributed by atoms with Crippen LogP contribution in [0.25, 0.3) is 11.1 Å². The van der Waals surface area contributed by atoms with E-state index < -0.39 is 10.0 Å². The number of rotatable bonds is 4. The van der Waals surface area contributed by atoms with Gasteiger partial charge in [0.25, 0.3) is 15.6 Å². The van der Waals surface area contributed by atoms with Gasteiger partial charge in [0, 0.05) is 11.3 Å². The number of sulfonamides is 1. The molecule has 0 radical (unpaired) electrons. The van der Waals surface area contributed by atoms with Gasteiger partial charge in [0.1, 0.15) is 5.82 Å². The van der Waals surface area contributed by atoms with E-state index in [2.05, 4.69) is 14.7 Å². The highest BCUT2D eigenvalue weighted by Gasteiger charge is 2.24. The summed E-state index contributed by atoms with van der Waals surface area (Å²) in [6.45, 7) is 3.17. The van der Waals surface area contributed by atoms with Crippen LogP contribution in [0.1, 0.15) is 34.4 Å². The molecule has 0 amide bonds. The predicted molar refractivity (Wildman–Crippen MR) is 110 cm³/mol.